The van der Waals surface area contributed by atoms with Crippen LogP contribution in [0.5, 0.6) is 0 Å². The molecule has 3 aromatic rings. The fourth-order valence-corrected chi connectivity index (χ4v) is 7.09. The summed E-state index contributed by atoms with van der Waals surface area (Å²) < 4.78 is 53.7. The molecule has 0 aliphatic carbocycles. The zero-order chi connectivity index (χ0) is 22.8. The van der Waals surface area contributed by atoms with Gasteiger partial charge in [0.15, 0.2) is 0 Å². The number of anilines is 1. The standard InChI is InChI=1S/C22H22N2O5S3/c25-22(17-6-2-1-3-7-17)21-13-10-19(30-21)16-23-32(28,29)20-11-8-18(9-12-20)24-14-4-5-15-31(24,26)27/h1-3,6-13,23H,4-5,14-16H2. The van der Waals surface area contributed by atoms with Gasteiger partial charge in [0.05, 0.1) is 21.2 Å². The Morgan fingerprint density at radius 2 is 1.69 bits per heavy atom. The number of nitrogens with zero attached hydrogens (tertiary/aromatic N) is 1. The van der Waals surface area contributed by atoms with Gasteiger partial charge in [0.2, 0.25) is 25.8 Å². The first-order chi connectivity index (χ1) is 15.3. The Kier molecular flexibility index (Phi) is 6.47. The van der Waals surface area contributed by atoms with Gasteiger partial charge in [-0.3, -0.25) is 9.10 Å². The van der Waals surface area contributed by atoms with Crippen molar-refractivity contribution in [2.75, 3.05) is 16.6 Å². The van der Waals surface area contributed by atoms with Gasteiger partial charge >= 0.3 is 0 Å². The van der Waals surface area contributed by atoms with Crippen LogP contribution in [0.2, 0.25) is 0 Å². The van der Waals surface area contributed by atoms with E-state index in [0.29, 0.717) is 34.0 Å². The van der Waals surface area contributed by atoms with Crippen LogP contribution in [0.25, 0.3) is 0 Å². The Labute approximate surface area is 191 Å². The topological polar surface area (TPSA) is 101 Å². The van der Waals surface area contributed by atoms with E-state index in [1.807, 2.05) is 6.07 Å². The minimum Gasteiger partial charge on any atom is -0.288 e. The van der Waals surface area contributed by atoms with Crippen LogP contribution in [0, 0.1) is 0 Å². The molecule has 0 bridgehead atoms. The molecule has 1 aliphatic rings. The Morgan fingerprint density at radius 3 is 2.38 bits per heavy atom. The third kappa shape index (κ3) is 4.93. The molecular weight excluding hydrogens is 468 g/mol. The molecule has 1 N–H and O–H groups in total. The molecule has 7 nitrogen and oxygen atoms in total. The van der Waals surface area contributed by atoms with E-state index in [-0.39, 0.29) is 23.0 Å². The van der Waals surface area contributed by atoms with E-state index < -0.39 is 20.0 Å². The summed E-state index contributed by atoms with van der Waals surface area (Å²) >= 11 is 1.24. The lowest BCUT2D eigenvalue weighted by Gasteiger charge is -2.28. The number of rotatable bonds is 7. The summed E-state index contributed by atoms with van der Waals surface area (Å²) in [6.45, 7) is 0.451. The van der Waals surface area contributed by atoms with Crippen molar-refractivity contribution in [1.29, 1.82) is 0 Å². The number of carbonyl (C=O) groups is 1. The molecule has 1 saturated heterocycles. The summed E-state index contributed by atoms with van der Waals surface area (Å²) in [6, 6.07) is 18.2. The summed E-state index contributed by atoms with van der Waals surface area (Å²) in [5.41, 5.74) is 1.04. The van der Waals surface area contributed by atoms with Crippen molar-refractivity contribution >= 4 is 42.9 Å². The second kappa shape index (κ2) is 9.14. The Hall–Kier alpha value is -2.53. The van der Waals surface area contributed by atoms with E-state index in [0.717, 1.165) is 6.42 Å². The molecule has 10 heteroatoms. The highest BCUT2D eigenvalue weighted by Gasteiger charge is 2.26. The monoisotopic (exact) mass is 490 g/mol. The summed E-state index contributed by atoms with van der Waals surface area (Å²) in [7, 11) is -7.15. The smallest absolute Gasteiger partial charge is 0.240 e. The Balaban J connectivity index is 1.43. The SMILES string of the molecule is O=C(c1ccccc1)c1ccc(CNS(=O)(=O)c2ccc(N3CCCCS3(=O)=O)cc2)s1. The van der Waals surface area contributed by atoms with E-state index in [2.05, 4.69) is 4.72 Å². The van der Waals surface area contributed by atoms with Crippen LogP contribution in [0.3, 0.4) is 0 Å². The number of hydrogen-bond acceptors (Lipinski definition) is 6. The minimum atomic E-state index is -3.79. The van der Waals surface area contributed by atoms with E-state index in [1.165, 1.54) is 39.9 Å². The van der Waals surface area contributed by atoms with Gasteiger partial charge in [0.25, 0.3) is 0 Å². The molecule has 0 spiro atoms. The average Bonchev–Trinajstić information content (AvgIpc) is 3.27. The van der Waals surface area contributed by atoms with Crippen molar-refractivity contribution in [3.8, 4) is 0 Å². The van der Waals surface area contributed by atoms with E-state index in [4.69, 9.17) is 0 Å². The number of sulfonamides is 2. The van der Waals surface area contributed by atoms with E-state index >= 15 is 0 Å². The number of carbonyl (C=O) groups excluding carboxylic acids is 1. The van der Waals surface area contributed by atoms with Gasteiger partial charge in [0.1, 0.15) is 0 Å². The van der Waals surface area contributed by atoms with E-state index in [9.17, 15) is 21.6 Å². The molecule has 0 amide bonds. The molecule has 1 aromatic heterocycles. The number of ketones is 1. The number of thiophene rings is 1. The van der Waals surface area contributed by atoms with Crippen LogP contribution >= 0.6 is 11.3 Å². The van der Waals surface area contributed by atoms with Gasteiger partial charge in [-0.15, -0.1) is 11.3 Å². The first-order valence-electron chi connectivity index (χ1n) is 10.0. The third-order valence-electron chi connectivity index (χ3n) is 5.14. The first-order valence-corrected chi connectivity index (χ1v) is 14.0. The van der Waals surface area contributed by atoms with Gasteiger partial charge < -0.3 is 0 Å². The van der Waals surface area contributed by atoms with Crippen molar-refractivity contribution < 1.29 is 21.6 Å². The van der Waals surface area contributed by atoms with Crippen molar-refractivity contribution in [2.24, 2.45) is 0 Å². The van der Waals surface area contributed by atoms with E-state index in [1.54, 1.807) is 36.4 Å². The number of benzene rings is 2. The summed E-state index contributed by atoms with van der Waals surface area (Å²) in [4.78, 5) is 13.8. The first kappa shape index (κ1) is 22.7. The zero-order valence-corrected chi connectivity index (χ0v) is 19.5. The van der Waals surface area contributed by atoms with Crippen LogP contribution in [0.4, 0.5) is 5.69 Å². The second-order valence-electron chi connectivity index (χ2n) is 7.37. The largest absolute Gasteiger partial charge is 0.288 e. The number of hydrogen-bond donors (Lipinski definition) is 1. The van der Waals surface area contributed by atoms with Crippen LogP contribution in [-0.2, 0) is 26.6 Å². The molecule has 2 heterocycles. The summed E-state index contributed by atoms with van der Waals surface area (Å²) in [6.07, 6.45) is 1.41. The number of nitrogens with one attached hydrogen (secondary N) is 1. The quantitative estimate of drug-likeness (QED) is 0.512. The van der Waals surface area contributed by atoms with Crippen LogP contribution < -0.4 is 9.03 Å². The molecule has 0 radical (unpaired) electrons. The van der Waals surface area contributed by atoms with Crippen molar-refractivity contribution in [2.45, 2.75) is 24.3 Å². The highest BCUT2D eigenvalue weighted by atomic mass is 32.2. The predicted octanol–water partition coefficient (Wildman–Crippen LogP) is 3.39. The molecule has 0 unspecified atom stereocenters. The summed E-state index contributed by atoms with van der Waals surface area (Å²) in [5.74, 6) is -0.00237. The molecule has 1 aliphatic heterocycles. The lowest BCUT2D eigenvalue weighted by atomic mass is 10.1. The highest BCUT2D eigenvalue weighted by Crippen LogP contribution is 2.25. The van der Waals surface area contributed by atoms with Crippen LogP contribution in [-0.4, -0.2) is 34.9 Å². The van der Waals surface area contributed by atoms with Gasteiger partial charge in [-0.05, 0) is 49.2 Å². The lowest BCUT2D eigenvalue weighted by Crippen LogP contribution is -2.37. The van der Waals surface area contributed by atoms with Gasteiger partial charge in [0, 0.05) is 23.5 Å². The molecule has 1 fully saturated rings. The molecule has 4 rings (SSSR count). The highest BCUT2D eigenvalue weighted by molar-refractivity contribution is 7.92. The fourth-order valence-electron chi connectivity index (χ4n) is 3.45. The fraction of sp³-hybridized carbons (Fsp3) is 0.227. The molecule has 168 valence electrons. The molecular formula is C22H22N2O5S3. The lowest BCUT2D eigenvalue weighted by molar-refractivity contribution is 0.104. The Morgan fingerprint density at radius 1 is 0.969 bits per heavy atom. The maximum absolute atomic E-state index is 12.7. The predicted molar refractivity (Wildman–Crippen MR) is 125 cm³/mol. The molecule has 0 atom stereocenters. The third-order valence-corrected chi connectivity index (χ3v) is 9.51. The zero-order valence-electron chi connectivity index (χ0n) is 17.1. The molecule has 0 saturated carbocycles. The molecule has 2 aromatic carbocycles. The van der Waals surface area contributed by atoms with Gasteiger partial charge in [-0.25, -0.2) is 21.6 Å². The van der Waals surface area contributed by atoms with Crippen molar-refractivity contribution in [3.63, 3.8) is 0 Å². The minimum absolute atomic E-state index is 0.0489. The van der Waals surface area contributed by atoms with Crippen molar-refractivity contribution in [3.05, 3.63) is 82.0 Å². The normalized spacial score (nSPS) is 16.1. The maximum atomic E-state index is 12.7. The molecule has 32 heavy (non-hydrogen) atoms. The average molecular weight is 491 g/mol. The summed E-state index contributed by atoms with van der Waals surface area (Å²) in [5, 5.41) is 0. The second-order valence-corrected chi connectivity index (χ2v) is 12.3. The van der Waals surface area contributed by atoms with Gasteiger partial charge in [-0.1, -0.05) is 30.3 Å². The van der Waals surface area contributed by atoms with Crippen LogP contribution in [0.1, 0.15) is 33.0 Å². The maximum Gasteiger partial charge on any atom is 0.240 e. The van der Waals surface area contributed by atoms with Gasteiger partial charge in [-0.2, -0.15) is 0 Å². The van der Waals surface area contributed by atoms with Crippen molar-refractivity contribution in [1.82, 2.24) is 4.72 Å². The van der Waals surface area contributed by atoms with Crippen LogP contribution in [0.15, 0.2) is 71.6 Å². The Bertz CT molecular complexity index is 1320.